The molecule has 86 valence electrons. The van der Waals surface area contributed by atoms with Crippen LogP contribution in [0.3, 0.4) is 0 Å². The van der Waals surface area contributed by atoms with Gasteiger partial charge in [-0.25, -0.2) is 0 Å². The molecular weight excluding hydrogens is 216 g/mol. The monoisotopic (exact) mass is 228 g/mol. The van der Waals surface area contributed by atoms with Crippen molar-refractivity contribution in [3.63, 3.8) is 0 Å². The third-order valence-corrected chi connectivity index (χ3v) is 2.27. The van der Waals surface area contributed by atoms with Crippen molar-refractivity contribution in [2.45, 2.75) is 6.92 Å². The van der Waals surface area contributed by atoms with Gasteiger partial charge < -0.3 is 4.74 Å². The third-order valence-electron chi connectivity index (χ3n) is 2.27. The van der Waals surface area contributed by atoms with Crippen LogP contribution in [-0.4, -0.2) is 23.1 Å². The second kappa shape index (κ2) is 5.21. The highest BCUT2D eigenvalue weighted by Gasteiger charge is 2.01. The number of ether oxygens (including phenoxy) is 1. The van der Waals surface area contributed by atoms with Crippen molar-refractivity contribution < 1.29 is 9.53 Å². The number of benzene rings is 1. The predicted molar refractivity (Wildman–Crippen MR) is 64.0 cm³/mol. The summed E-state index contributed by atoms with van der Waals surface area (Å²) in [6.07, 6.45) is 0.676. The van der Waals surface area contributed by atoms with Gasteiger partial charge in [0.2, 0.25) is 0 Å². The second-order valence-corrected chi connectivity index (χ2v) is 3.42. The average molecular weight is 228 g/mol. The summed E-state index contributed by atoms with van der Waals surface area (Å²) in [7, 11) is 0. The summed E-state index contributed by atoms with van der Waals surface area (Å²) >= 11 is 0. The first-order valence-electron chi connectivity index (χ1n) is 5.35. The highest BCUT2D eigenvalue weighted by atomic mass is 16.5. The number of nitrogens with zero attached hydrogens (tertiary/aromatic N) is 2. The Morgan fingerprint density at radius 2 is 1.88 bits per heavy atom. The Balaban J connectivity index is 2.23. The fourth-order valence-electron chi connectivity index (χ4n) is 1.45. The maximum Gasteiger partial charge on any atom is 0.170 e. The molecule has 0 aliphatic carbocycles. The topological polar surface area (TPSA) is 52.1 Å². The van der Waals surface area contributed by atoms with Crippen molar-refractivity contribution in [1.29, 1.82) is 0 Å². The first-order chi connectivity index (χ1) is 8.33. The fourth-order valence-corrected chi connectivity index (χ4v) is 1.45. The third kappa shape index (κ3) is 2.66. The molecule has 0 unspecified atom stereocenters. The maximum absolute atomic E-state index is 10.5. The highest BCUT2D eigenvalue weighted by molar-refractivity contribution is 5.72. The van der Waals surface area contributed by atoms with Gasteiger partial charge in [-0.3, -0.25) is 4.79 Å². The van der Waals surface area contributed by atoms with Crippen LogP contribution in [-0.2, 0) is 0 Å². The predicted octanol–water partition coefficient (Wildman–Crippen LogP) is 2.35. The summed E-state index contributed by atoms with van der Waals surface area (Å²) in [5.41, 5.74) is 2.01. The van der Waals surface area contributed by atoms with Crippen LogP contribution in [0, 0.1) is 0 Å². The molecule has 0 fully saturated rings. The molecule has 4 heteroatoms. The highest BCUT2D eigenvalue weighted by Crippen LogP contribution is 2.20. The molecule has 1 aromatic heterocycles. The van der Waals surface area contributed by atoms with Gasteiger partial charge in [0.05, 0.1) is 12.3 Å². The van der Waals surface area contributed by atoms with Gasteiger partial charge in [-0.2, -0.15) is 0 Å². The minimum Gasteiger partial charge on any atom is -0.494 e. The Kier molecular flexibility index (Phi) is 3.45. The fraction of sp³-hybridized carbons (Fsp3) is 0.154. The summed E-state index contributed by atoms with van der Waals surface area (Å²) in [5.74, 6) is 0.828. The molecule has 17 heavy (non-hydrogen) atoms. The van der Waals surface area contributed by atoms with Crippen molar-refractivity contribution in [2.75, 3.05) is 6.61 Å². The van der Waals surface area contributed by atoms with Gasteiger partial charge in [-0.05, 0) is 43.3 Å². The maximum atomic E-state index is 10.5. The van der Waals surface area contributed by atoms with E-state index in [-0.39, 0.29) is 0 Å². The van der Waals surface area contributed by atoms with Crippen LogP contribution in [0.4, 0.5) is 0 Å². The Morgan fingerprint density at radius 1 is 1.12 bits per heavy atom. The van der Waals surface area contributed by atoms with Gasteiger partial charge in [0.25, 0.3) is 0 Å². The molecule has 0 atom stereocenters. The number of carbonyl (C=O) groups is 1. The number of aromatic nitrogens is 2. The molecule has 0 bridgehead atoms. The Labute approximate surface area is 99.3 Å². The van der Waals surface area contributed by atoms with E-state index in [1.807, 2.05) is 31.2 Å². The van der Waals surface area contributed by atoms with E-state index in [2.05, 4.69) is 10.2 Å². The van der Waals surface area contributed by atoms with E-state index in [0.29, 0.717) is 18.6 Å². The molecule has 1 heterocycles. The van der Waals surface area contributed by atoms with Crippen molar-refractivity contribution in [3.05, 3.63) is 42.1 Å². The summed E-state index contributed by atoms with van der Waals surface area (Å²) in [6.45, 7) is 2.59. The van der Waals surface area contributed by atoms with Gasteiger partial charge in [0.15, 0.2) is 6.29 Å². The molecular formula is C13H12N2O2. The minimum atomic E-state index is 0.333. The van der Waals surface area contributed by atoms with E-state index >= 15 is 0 Å². The first kappa shape index (κ1) is 11.3. The lowest BCUT2D eigenvalue weighted by atomic mass is 10.1. The van der Waals surface area contributed by atoms with Crippen LogP contribution >= 0.6 is 0 Å². The molecule has 2 rings (SSSR count). The summed E-state index contributed by atoms with van der Waals surface area (Å²) < 4.78 is 5.35. The Morgan fingerprint density at radius 3 is 2.41 bits per heavy atom. The molecule has 0 saturated heterocycles. The van der Waals surface area contributed by atoms with Crippen molar-refractivity contribution in [1.82, 2.24) is 10.2 Å². The van der Waals surface area contributed by atoms with Crippen LogP contribution in [0.2, 0.25) is 0 Å². The second-order valence-electron chi connectivity index (χ2n) is 3.42. The number of aldehydes is 1. The van der Waals surface area contributed by atoms with Crippen molar-refractivity contribution in [3.8, 4) is 17.0 Å². The molecule has 0 N–H and O–H groups in total. The lowest BCUT2D eigenvalue weighted by molar-refractivity contribution is 0.111. The molecule has 0 aliphatic rings. The molecule has 0 radical (unpaired) electrons. The zero-order valence-electron chi connectivity index (χ0n) is 9.46. The zero-order valence-corrected chi connectivity index (χ0v) is 9.46. The summed E-state index contributed by atoms with van der Waals surface area (Å²) in [5, 5.41) is 7.76. The normalized spacial score (nSPS) is 9.94. The quantitative estimate of drug-likeness (QED) is 0.754. The number of rotatable bonds is 4. The van der Waals surface area contributed by atoms with Crippen LogP contribution in [0.1, 0.15) is 17.4 Å². The van der Waals surface area contributed by atoms with E-state index in [9.17, 15) is 4.79 Å². The van der Waals surface area contributed by atoms with Crippen LogP contribution in [0.25, 0.3) is 11.3 Å². The van der Waals surface area contributed by atoms with Crippen LogP contribution in [0.15, 0.2) is 36.4 Å². The van der Waals surface area contributed by atoms with Gasteiger partial charge in [0.1, 0.15) is 11.4 Å². The standard InChI is InChI=1S/C13H12N2O2/c1-2-17-12-6-3-10(4-7-12)13-8-5-11(9-16)14-15-13/h3-9H,2H2,1H3. The number of hydrogen-bond acceptors (Lipinski definition) is 4. The molecule has 4 nitrogen and oxygen atoms in total. The Bertz CT molecular complexity index is 492. The van der Waals surface area contributed by atoms with E-state index in [4.69, 9.17) is 4.74 Å². The molecule has 2 aromatic rings. The molecule has 0 spiro atoms. The van der Waals surface area contributed by atoms with E-state index < -0.39 is 0 Å². The summed E-state index contributed by atoms with van der Waals surface area (Å²) in [4.78, 5) is 10.5. The molecule has 1 aromatic carbocycles. The van der Waals surface area contributed by atoms with Crippen molar-refractivity contribution >= 4 is 6.29 Å². The van der Waals surface area contributed by atoms with Gasteiger partial charge in [0, 0.05) is 5.56 Å². The number of carbonyl (C=O) groups excluding carboxylic acids is 1. The molecule has 0 saturated carbocycles. The number of hydrogen-bond donors (Lipinski definition) is 0. The average Bonchev–Trinajstić information content (AvgIpc) is 2.40. The first-order valence-corrected chi connectivity index (χ1v) is 5.35. The SMILES string of the molecule is CCOc1ccc(-c2ccc(C=O)nn2)cc1. The van der Waals surface area contributed by atoms with E-state index in [1.165, 1.54) is 0 Å². The van der Waals surface area contributed by atoms with E-state index in [1.54, 1.807) is 12.1 Å². The van der Waals surface area contributed by atoms with Crippen LogP contribution in [0.5, 0.6) is 5.75 Å². The van der Waals surface area contributed by atoms with Gasteiger partial charge >= 0.3 is 0 Å². The summed E-state index contributed by atoms with van der Waals surface area (Å²) in [6, 6.07) is 11.0. The largest absolute Gasteiger partial charge is 0.494 e. The Hall–Kier alpha value is -2.23. The smallest absolute Gasteiger partial charge is 0.170 e. The minimum absolute atomic E-state index is 0.333. The lowest BCUT2D eigenvalue weighted by Crippen LogP contribution is -1.93. The van der Waals surface area contributed by atoms with Gasteiger partial charge in [-0.15, -0.1) is 10.2 Å². The zero-order chi connectivity index (χ0) is 12.1. The molecule has 0 aliphatic heterocycles. The molecule has 0 amide bonds. The lowest BCUT2D eigenvalue weighted by Gasteiger charge is -2.04. The van der Waals surface area contributed by atoms with Gasteiger partial charge in [-0.1, -0.05) is 0 Å². The van der Waals surface area contributed by atoms with E-state index in [0.717, 1.165) is 17.0 Å². The van der Waals surface area contributed by atoms with Crippen LogP contribution < -0.4 is 4.74 Å². The van der Waals surface area contributed by atoms with Crippen molar-refractivity contribution in [2.24, 2.45) is 0 Å².